The summed E-state index contributed by atoms with van der Waals surface area (Å²) in [5, 5.41) is 0. The minimum Gasteiger partial charge on any atom is -0.311 e. The Morgan fingerprint density at radius 1 is 0.380 bits per heavy atom. The highest BCUT2D eigenvalue weighted by Crippen LogP contribution is 2.55. The fourth-order valence-corrected chi connectivity index (χ4v) is 8.40. The van der Waals surface area contributed by atoms with Gasteiger partial charge in [-0.05, 0) is 111 Å². The summed E-state index contributed by atoms with van der Waals surface area (Å²) < 4.78 is 0. The first-order valence-electron chi connectivity index (χ1n) is 17.6. The van der Waals surface area contributed by atoms with Gasteiger partial charge in [-0.25, -0.2) is 0 Å². The van der Waals surface area contributed by atoms with Crippen molar-refractivity contribution in [1.29, 1.82) is 0 Å². The molecule has 0 saturated heterocycles. The van der Waals surface area contributed by atoms with E-state index in [0.29, 0.717) is 0 Å². The molecule has 0 spiro atoms. The molecule has 2 nitrogen and oxygen atoms in total. The SMILES string of the molecule is CC1(C)c2ccccc2-c2ccc(N3c4ccccc4C(C)(C)c4cc(-c5ccc(N(c6ccccc6)c6ccccc6)cc5)ccc43)cc21. The Morgan fingerprint density at radius 2 is 0.900 bits per heavy atom. The summed E-state index contributed by atoms with van der Waals surface area (Å²) in [6.07, 6.45) is 0. The van der Waals surface area contributed by atoms with Gasteiger partial charge in [0.15, 0.2) is 0 Å². The molecule has 7 aromatic rings. The van der Waals surface area contributed by atoms with Gasteiger partial charge in [-0.1, -0.05) is 131 Å². The molecule has 0 fully saturated rings. The number of hydrogen-bond donors (Lipinski definition) is 0. The van der Waals surface area contributed by atoms with Gasteiger partial charge in [0.1, 0.15) is 0 Å². The van der Waals surface area contributed by atoms with E-state index in [2.05, 4.69) is 207 Å². The van der Waals surface area contributed by atoms with Crippen LogP contribution in [-0.4, -0.2) is 0 Å². The van der Waals surface area contributed by atoms with Gasteiger partial charge in [0.05, 0.1) is 11.4 Å². The summed E-state index contributed by atoms with van der Waals surface area (Å²) in [5.74, 6) is 0. The number of benzene rings is 7. The van der Waals surface area contributed by atoms with Gasteiger partial charge in [-0.15, -0.1) is 0 Å². The number of rotatable bonds is 5. The second-order valence-electron chi connectivity index (χ2n) is 14.7. The second kappa shape index (κ2) is 11.4. The smallest absolute Gasteiger partial charge is 0.0503 e. The van der Waals surface area contributed by atoms with Crippen molar-refractivity contribution in [2.75, 3.05) is 9.80 Å². The van der Waals surface area contributed by atoms with Gasteiger partial charge in [0, 0.05) is 33.6 Å². The Labute approximate surface area is 295 Å². The third-order valence-corrected chi connectivity index (χ3v) is 11.0. The molecule has 1 aliphatic carbocycles. The number of hydrogen-bond acceptors (Lipinski definition) is 2. The molecular formula is C48H40N2. The summed E-state index contributed by atoms with van der Waals surface area (Å²) in [7, 11) is 0. The van der Waals surface area contributed by atoms with Gasteiger partial charge in [0.25, 0.3) is 0 Å². The van der Waals surface area contributed by atoms with Gasteiger partial charge < -0.3 is 9.80 Å². The summed E-state index contributed by atoms with van der Waals surface area (Å²) in [4.78, 5) is 4.80. The van der Waals surface area contributed by atoms with E-state index in [1.54, 1.807) is 0 Å². The van der Waals surface area contributed by atoms with Crippen molar-refractivity contribution in [2.45, 2.75) is 38.5 Å². The molecule has 0 atom stereocenters. The zero-order valence-electron chi connectivity index (χ0n) is 29.1. The Hall–Kier alpha value is -5.86. The van der Waals surface area contributed by atoms with E-state index in [4.69, 9.17) is 0 Å². The van der Waals surface area contributed by atoms with Gasteiger partial charge in [-0.2, -0.15) is 0 Å². The molecule has 0 N–H and O–H groups in total. The molecule has 9 rings (SSSR count). The standard InChI is InChI=1S/C48H40N2/c1-47(2)41-20-12-11-19-39(41)40-29-28-38(32-43(40)47)50-45-22-14-13-21-42(45)48(3,4)44-31-34(25-30-46(44)50)33-23-26-37(27-24-33)49(35-15-7-5-8-16-35)36-17-9-6-10-18-36/h5-32H,1-4H3. The third kappa shape index (κ3) is 4.63. The summed E-state index contributed by atoms with van der Waals surface area (Å²) in [6.45, 7) is 9.46. The van der Waals surface area contributed by atoms with Gasteiger partial charge >= 0.3 is 0 Å². The summed E-state index contributed by atoms with van der Waals surface area (Å²) in [5.41, 5.74) is 17.4. The molecule has 50 heavy (non-hydrogen) atoms. The lowest BCUT2D eigenvalue weighted by Gasteiger charge is -2.42. The average Bonchev–Trinajstić information content (AvgIpc) is 3.38. The number of nitrogens with zero attached hydrogens (tertiary/aromatic N) is 2. The van der Waals surface area contributed by atoms with Crippen molar-refractivity contribution in [3.8, 4) is 22.3 Å². The number of fused-ring (bicyclic) bond motifs is 5. The molecule has 0 amide bonds. The number of anilines is 6. The lowest BCUT2D eigenvalue weighted by Crippen LogP contribution is -2.30. The highest BCUT2D eigenvalue weighted by atomic mass is 15.2. The van der Waals surface area contributed by atoms with Crippen molar-refractivity contribution in [1.82, 2.24) is 0 Å². The molecule has 0 bridgehead atoms. The zero-order valence-corrected chi connectivity index (χ0v) is 29.1. The Balaban J connectivity index is 1.14. The number of para-hydroxylation sites is 3. The molecule has 242 valence electrons. The second-order valence-corrected chi connectivity index (χ2v) is 14.7. The minimum absolute atomic E-state index is 0.0635. The maximum Gasteiger partial charge on any atom is 0.0503 e. The van der Waals surface area contributed by atoms with E-state index in [1.165, 1.54) is 61.6 Å². The lowest BCUT2D eigenvalue weighted by atomic mass is 9.72. The molecule has 0 unspecified atom stereocenters. The highest BCUT2D eigenvalue weighted by Gasteiger charge is 2.39. The average molecular weight is 645 g/mol. The first kappa shape index (κ1) is 30.2. The molecule has 7 aromatic carbocycles. The fraction of sp³-hybridized carbons (Fsp3) is 0.125. The van der Waals surface area contributed by atoms with E-state index < -0.39 is 0 Å². The van der Waals surface area contributed by atoms with Crippen LogP contribution in [0.4, 0.5) is 34.1 Å². The normalized spacial score (nSPS) is 14.7. The van der Waals surface area contributed by atoms with Crippen LogP contribution in [-0.2, 0) is 10.8 Å². The van der Waals surface area contributed by atoms with E-state index in [9.17, 15) is 0 Å². The molecular weight excluding hydrogens is 605 g/mol. The van der Waals surface area contributed by atoms with Crippen molar-refractivity contribution in [3.63, 3.8) is 0 Å². The molecule has 2 heteroatoms. The molecule has 0 radical (unpaired) electrons. The first-order chi connectivity index (χ1) is 24.3. The van der Waals surface area contributed by atoms with Crippen LogP contribution >= 0.6 is 0 Å². The van der Waals surface area contributed by atoms with Crippen LogP contribution in [0, 0.1) is 0 Å². The first-order valence-corrected chi connectivity index (χ1v) is 17.6. The van der Waals surface area contributed by atoms with Crippen LogP contribution in [0.3, 0.4) is 0 Å². The minimum atomic E-state index is -0.179. The monoisotopic (exact) mass is 644 g/mol. The Morgan fingerprint density at radius 3 is 1.60 bits per heavy atom. The van der Waals surface area contributed by atoms with E-state index in [-0.39, 0.29) is 10.8 Å². The maximum absolute atomic E-state index is 2.49. The topological polar surface area (TPSA) is 6.48 Å². The van der Waals surface area contributed by atoms with Crippen molar-refractivity contribution >= 4 is 34.1 Å². The van der Waals surface area contributed by atoms with Crippen molar-refractivity contribution < 1.29 is 0 Å². The molecule has 1 heterocycles. The maximum atomic E-state index is 2.49. The quantitative estimate of drug-likeness (QED) is 0.184. The Bertz CT molecular complexity index is 2330. The molecule has 1 aliphatic heterocycles. The highest BCUT2D eigenvalue weighted by molar-refractivity contribution is 5.90. The van der Waals surface area contributed by atoms with Crippen LogP contribution in [0.15, 0.2) is 170 Å². The predicted molar refractivity (Wildman–Crippen MR) is 211 cm³/mol. The Kier molecular flexibility index (Phi) is 6.86. The van der Waals surface area contributed by atoms with E-state index >= 15 is 0 Å². The van der Waals surface area contributed by atoms with Gasteiger partial charge in [0.2, 0.25) is 0 Å². The van der Waals surface area contributed by atoms with Crippen LogP contribution in [0.5, 0.6) is 0 Å². The van der Waals surface area contributed by atoms with Crippen LogP contribution < -0.4 is 9.80 Å². The lowest BCUT2D eigenvalue weighted by molar-refractivity contribution is 0.631. The molecule has 0 saturated carbocycles. The largest absolute Gasteiger partial charge is 0.311 e. The van der Waals surface area contributed by atoms with Crippen LogP contribution in [0.25, 0.3) is 22.3 Å². The summed E-state index contributed by atoms with van der Waals surface area (Å²) >= 11 is 0. The van der Waals surface area contributed by atoms with E-state index in [1.807, 2.05) is 0 Å². The molecule has 2 aliphatic rings. The van der Waals surface area contributed by atoms with Crippen LogP contribution in [0.2, 0.25) is 0 Å². The third-order valence-electron chi connectivity index (χ3n) is 11.0. The fourth-order valence-electron chi connectivity index (χ4n) is 8.40. The summed E-state index contributed by atoms with van der Waals surface area (Å²) in [6, 6.07) is 62.1. The van der Waals surface area contributed by atoms with Crippen LogP contribution in [0.1, 0.15) is 49.9 Å². The molecule has 0 aromatic heterocycles. The van der Waals surface area contributed by atoms with Gasteiger partial charge in [-0.3, -0.25) is 0 Å². The van der Waals surface area contributed by atoms with E-state index in [0.717, 1.165) is 17.1 Å². The van der Waals surface area contributed by atoms with Crippen molar-refractivity contribution in [3.05, 3.63) is 192 Å². The predicted octanol–water partition coefficient (Wildman–Crippen LogP) is 13.2. The van der Waals surface area contributed by atoms with Crippen molar-refractivity contribution in [2.24, 2.45) is 0 Å². The zero-order chi connectivity index (χ0) is 34.0.